The number of rotatable bonds is 6. The third kappa shape index (κ3) is 7.42. The van der Waals surface area contributed by atoms with Gasteiger partial charge >= 0.3 is 0 Å². The van der Waals surface area contributed by atoms with E-state index in [1.165, 1.54) is 23.9 Å². The zero-order chi connectivity index (χ0) is 33.1. The van der Waals surface area contributed by atoms with Crippen LogP contribution in [0.4, 0.5) is 0 Å². The molecule has 47 heavy (non-hydrogen) atoms. The summed E-state index contributed by atoms with van der Waals surface area (Å²) in [5.41, 5.74) is 3.93. The molecule has 0 bridgehead atoms. The molecule has 1 unspecified atom stereocenters. The van der Waals surface area contributed by atoms with Crippen LogP contribution in [0.5, 0.6) is 0 Å². The van der Waals surface area contributed by atoms with Gasteiger partial charge in [-0.3, -0.25) is 19.4 Å². The molecular formula is C38H53N7O2. The fourth-order valence-electron chi connectivity index (χ4n) is 7.38. The summed E-state index contributed by atoms with van der Waals surface area (Å²) >= 11 is 0. The molecule has 3 aliphatic rings. The largest absolute Gasteiger partial charge is 0.361 e. The minimum absolute atomic E-state index is 0.150. The third-order valence-corrected chi connectivity index (χ3v) is 10.5. The predicted molar refractivity (Wildman–Crippen MR) is 191 cm³/mol. The smallest absolute Gasteiger partial charge is 0.253 e. The number of benzene rings is 2. The first kappa shape index (κ1) is 33.2. The van der Waals surface area contributed by atoms with Crippen LogP contribution in [0.1, 0.15) is 67.8 Å². The van der Waals surface area contributed by atoms with Crippen molar-refractivity contribution in [1.29, 1.82) is 0 Å². The molecule has 252 valence electrons. The normalized spacial score (nSPS) is 20.0. The number of aromatic amines is 1. The molecule has 2 aromatic heterocycles. The highest BCUT2D eigenvalue weighted by molar-refractivity contribution is 5.99. The van der Waals surface area contributed by atoms with Gasteiger partial charge < -0.3 is 24.3 Å². The molecule has 0 aliphatic carbocycles. The van der Waals surface area contributed by atoms with Crippen LogP contribution in [0, 0.1) is 0 Å². The number of nitrogens with zero attached hydrogens (tertiary/aromatic N) is 6. The predicted octanol–water partition coefficient (Wildman–Crippen LogP) is 5.41. The van der Waals surface area contributed by atoms with E-state index in [1.807, 2.05) is 46.3 Å². The lowest BCUT2D eigenvalue weighted by molar-refractivity contribution is 0.0590. The summed E-state index contributed by atoms with van der Waals surface area (Å²) < 4.78 is 2.40. The second-order valence-corrected chi connectivity index (χ2v) is 14.0. The Kier molecular flexibility index (Phi) is 10.3. The number of nitrogens with one attached hydrogen (secondary N) is 1. The number of likely N-dealkylation sites (tertiary alicyclic amines) is 1. The van der Waals surface area contributed by atoms with Gasteiger partial charge in [0.1, 0.15) is 0 Å². The van der Waals surface area contributed by atoms with E-state index in [9.17, 15) is 9.59 Å². The zero-order valence-electron chi connectivity index (χ0n) is 29.0. The molecule has 3 aliphatic heterocycles. The summed E-state index contributed by atoms with van der Waals surface area (Å²) in [7, 11) is 0. The van der Waals surface area contributed by atoms with E-state index in [0.717, 1.165) is 87.5 Å². The van der Waals surface area contributed by atoms with Crippen molar-refractivity contribution in [3.8, 4) is 0 Å². The minimum atomic E-state index is 0.150. The number of piperazine rings is 2. The molecule has 0 saturated carbocycles. The molecular weight excluding hydrogens is 586 g/mol. The maximum Gasteiger partial charge on any atom is 0.253 e. The first-order valence-electron chi connectivity index (χ1n) is 17.7. The van der Waals surface area contributed by atoms with Gasteiger partial charge in [-0.15, -0.1) is 0 Å². The Bertz CT molecular complexity index is 1660. The van der Waals surface area contributed by atoms with E-state index in [0.29, 0.717) is 18.1 Å². The molecule has 1 N–H and O–H groups in total. The Morgan fingerprint density at radius 2 is 1.30 bits per heavy atom. The highest BCUT2D eigenvalue weighted by Crippen LogP contribution is 2.28. The molecule has 2 amide bonds. The average molecular weight is 640 g/mol. The van der Waals surface area contributed by atoms with Crippen LogP contribution in [0.2, 0.25) is 0 Å². The summed E-state index contributed by atoms with van der Waals surface area (Å²) in [5, 5.41) is 2.27. The Morgan fingerprint density at radius 3 is 1.85 bits per heavy atom. The van der Waals surface area contributed by atoms with Crippen molar-refractivity contribution in [3.05, 3.63) is 72.1 Å². The monoisotopic (exact) mass is 639 g/mol. The Hall–Kier alpha value is -3.66. The number of hydrogen-bond donors (Lipinski definition) is 1. The van der Waals surface area contributed by atoms with Crippen molar-refractivity contribution < 1.29 is 9.59 Å². The zero-order valence-corrected chi connectivity index (χ0v) is 29.0. The van der Waals surface area contributed by atoms with Crippen molar-refractivity contribution >= 4 is 33.6 Å². The standard InChI is InChI=1S/C22H32N4O.C16H21N3O/c1-4-23-9-8-20(16-23)26-10-7-18-15-19(5-6-21(18)26)22(27)25-13-11-24(12-14-25)17(2)3;1-12(2)18-7-9-19(10-8-18)16(20)14-3-4-15-13(11-14)5-6-17-15/h5-7,10,15,17,20H,4,8-9,11-14,16H2,1-3H3;3-6,11-12,17H,7-10H2,1-2H3. The molecule has 0 radical (unpaired) electrons. The number of fused-ring (bicyclic) bond motifs is 2. The lowest BCUT2D eigenvalue weighted by Gasteiger charge is -2.37. The number of carbonyl (C=O) groups is 2. The number of H-pyrrole nitrogens is 1. The van der Waals surface area contributed by atoms with Crippen LogP contribution in [0.25, 0.3) is 21.8 Å². The van der Waals surface area contributed by atoms with Gasteiger partial charge in [0.05, 0.1) is 0 Å². The molecule has 4 aromatic rings. The summed E-state index contributed by atoms with van der Waals surface area (Å²) in [6, 6.07) is 17.9. The highest BCUT2D eigenvalue weighted by Gasteiger charge is 2.26. The summed E-state index contributed by atoms with van der Waals surface area (Å²) in [6.07, 6.45) is 5.31. The molecule has 7 rings (SSSR count). The quantitative estimate of drug-likeness (QED) is 0.306. The average Bonchev–Trinajstić information content (AvgIpc) is 3.87. The maximum atomic E-state index is 13.0. The van der Waals surface area contributed by atoms with E-state index in [1.54, 1.807) is 0 Å². The van der Waals surface area contributed by atoms with E-state index < -0.39 is 0 Å². The molecule has 3 fully saturated rings. The summed E-state index contributed by atoms with van der Waals surface area (Å²) in [5.74, 6) is 0.322. The van der Waals surface area contributed by atoms with Gasteiger partial charge in [0, 0.05) is 129 Å². The molecule has 9 nitrogen and oxygen atoms in total. The minimum Gasteiger partial charge on any atom is -0.361 e. The summed E-state index contributed by atoms with van der Waals surface area (Å²) in [6.45, 7) is 21.7. The van der Waals surface area contributed by atoms with Gasteiger partial charge in [0.25, 0.3) is 11.8 Å². The van der Waals surface area contributed by atoms with Crippen molar-refractivity contribution in [3.63, 3.8) is 0 Å². The van der Waals surface area contributed by atoms with Crippen molar-refractivity contribution in [2.24, 2.45) is 0 Å². The molecule has 1 atom stereocenters. The number of likely N-dealkylation sites (N-methyl/N-ethyl adjacent to an activating group) is 1. The van der Waals surface area contributed by atoms with Gasteiger partial charge in [0.15, 0.2) is 0 Å². The Balaban J connectivity index is 0.000000172. The molecule has 5 heterocycles. The van der Waals surface area contributed by atoms with Crippen LogP contribution in [0.3, 0.4) is 0 Å². The Labute approximate surface area is 280 Å². The summed E-state index contributed by atoms with van der Waals surface area (Å²) in [4.78, 5) is 40.0. The lowest BCUT2D eigenvalue weighted by Crippen LogP contribution is -2.50. The van der Waals surface area contributed by atoms with Gasteiger partial charge in [-0.1, -0.05) is 6.92 Å². The first-order valence-corrected chi connectivity index (χ1v) is 17.7. The number of carbonyl (C=O) groups excluding carboxylic acids is 2. The topological polar surface area (TPSA) is 71.1 Å². The second-order valence-electron chi connectivity index (χ2n) is 14.0. The van der Waals surface area contributed by atoms with Crippen molar-refractivity contribution in [1.82, 2.24) is 34.1 Å². The fraction of sp³-hybridized carbons (Fsp3) is 0.526. The van der Waals surface area contributed by atoms with Gasteiger partial charge in [-0.25, -0.2) is 0 Å². The number of amides is 2. The molecule has 0 spiro atoms. The fourth-order valence-corrected chi connectivity index (χ4v) is 7.38. The number of aromatic nitrogens is 2. The second kappa shape index (κ2) is 14.6. The van der Waals surface area contributed by atoms with Crippen LogP contribution in [-0.4, -0.2) is 130 Å². The van der Waals surface area contributed by atoms with Crippen molar-refractivity contribution in [2.75, 3.05) is 72.0 Å². The van der Waals surface area contributed by atoms with Crippen LogP contribution in [-0.2, 0) is 0 Å². The van der Waals surface area contributed by atoms with Crippen LogP contribution in [0.15, 0.2) is 60.9 Å². The van der Waals surface area contributed by atoms with E-state index >= 15 is 0 Å². The SMILES string of the molecule is CC(C)N1CCN(C(=O)c2ccc3[nH]ccc3c2)CC1.CCN1CCC(n2ccc3cc(C(=O)N4CCN(C(C)C)CC4)ccc32)C1. The van der Waals surface area contributed by atoms with Gasteiger partial charge in [-0.2, -0.15) is 0 Å². The molecule has 9 heteroatoms. The van der Waals surface area contributed by atoms with Crippen LogP contribution >= 0.6 is 0 Å². The maximum absolute atomic E-state index is 13.0. The number of hydrogen-bond acceptors (Lipinski definition) is 5. The van der Waals surface area contributed by atoms with Crippen molar-refractivity contribution in [2.45, 2.75) is 59.2 Å². The van der Waals surface area contributed by atoms with E-state index in [4.69, 9.17) is 0 Å². The molecule has 2 aromatic carbocycles. The first-order chi connectivity index (χ1) is 22.7. The Morgan fingerprint density at radius 1 is 0.723 bits per heavy atom. The highest BCUT2D eigenvalue weighted by atomic mass is 16.2. The van der Waals surface area contributed by atoms with E-state index in [2.05, 4.69) is 83.3 Å². The van der Waals surface area contributed by atoms with Gasteiger partial charge in [0.2, 0.25) is 0 Å². The van der Waals surface area contributed by atoms with Gasteiger partial charge in [-0.05, 0) is 89.2 Å². The third-order valence-electron chi connectivity index (χ3n) is 10.5. The van der Waals surface area contributed by atoms with Crippen LogP contribution < -0.4 is 0 Å². The van der Waals surface area contributed by atoms with E-state index in [-0.39, 0.29) is 11.8 Å². The molecule has 3 saturated heterocycles. The lowest BCUT2D eigenvalue weighted by atomic mass is 10.1.